The van der Waals surface area contributed by atoms with E-state index >= 15 is 0 Å². The van der Waals surface area contributed by atoms with E-state index < -0.39 is 0 Å². The van der Waals surface area contributed by atoms with Crippen LogP contribution in [0.15, 0.2) is 109 Å². The largest absolute Gasteiger partial charge is 0.284 e. The zero-order chi connectivity index (χ0) is 20.2. The number of allylic oxidation sites excluding steroid dienone is 5. The fraction of sp³-hybridized carbons (Fsp3) is 0.0741. The monoisotopic (exact) mass is 377 g/mol. The van der Waals surface area contributed by atoms with E-state index in [1.165, 1.54) is 0 Å². The van der Waals surface area contributed by atoms with E-state index in [1.54, 1.807) is 6.92 Å². The summed E-state index contributed by atoms with van der Waals surface area (Å²) in [5.74, 6) is -0.00579. The van der Waals surface area contributed by atoms with Crippen LogP contribution in [0.5, 0.6) is 0 Å². The second-order valence-electron chi connectivity index (χ2n) is 7.08. The minimum atomic E-state index is -0.00579. The van der Waals surface area contributed by atoms with Gasteiger partial charge in [-0.15, -0.1) is 0 Å². The van der Waals surface area contributed by atoms with E-state index in [0.29, 0.717) is 0 Å². The van der Waals surface area contributed by atoms with E-state index in [9.17, 15) is 4.79 Å². The van der Waals surface area contributed by atoms with Gasteiger partial charge in [0.25, 0.3) is 0 Å². The van der Waals surface area contributed by atoms with Crippen LogP contribution in [0, 0.1) is 0 Å². The first kappa shape index (κ1) is 18.7. The van der Waals surface area contributed by atoms with Gasteiger partial charge < -0.3 is 0 Å². The zero-order valence-corrected chi connectivity index (χ0v) is 16.7. The molecule has 4 rings (SSSR count). The van der Waals surface area contributed by atoms with Gasteiger partial charge in [-0.25, -0.2) is 0 Å². The molecule has 2 heteroatoms. The third-order valence-corrected chi connectivity index (χ3v) is 5.13. The Morgan fingerprint density at radius 1 is 0.655 bits per heavy atom. The van der Waals surface area contributed by atoms with Crippen LogP contribution < -0.4 is 0 Å². The molecule has 1 aliphatic heterocycles. The van der Waals surface area contributed by atoms with Gasteiger partial charge in [-0.2, -0.15) is 0 Å². The summed E-state index contributed by atoms with van der Waals surface area (Å²) >= 11 is 0. The second kappa shape index (κ2) is 8.15. The molecule has 142 valence electrons. The highest BCUT2D eigenvalue weighted by Gasteiger charge is 2.24. The SMILES string of the molecule is CC(=O)N1C(c2ccccc2)=CC(c2ccccc2)=CC(c2ccccc2)=C1C. The van der Waals surface area contributed by atoms with E-state index in [-0.39, 0.29) is 5.91 Å². The van der Waals surface area contributed by atoms with Crippen molar-refractivity contribution < 1.29 is 4.79 Å². The number of hydrogen-bond acceptors (Lipinski definition) is 1. The molecule has 0 radical (unpaired) electrons. The van der Waals surface area contributed by atoms with Crippen LogP contribution in [0.4, 0.5) is 0 Å². The normalized spacial score (nSPS) is 14.2. The molecule has 0 aliphatic carbocycles. The van der Waals surface area contributed by atoms with Gasteiger partial charge >= 0.3 is 0 Å². The molecule has 0 spiro atoms. The summed E-state index contributed by atoms with van der Waals surface area (Å²) in [5, 5.41) is 0. The molecular weight excluding hydrogens is 354 g/mol. The van der Waals surface area contributed by atoms with Crippen molar-refractivity contribution in [1.29, 1.82) is 0 Å². The summed E-state index contributed by atoms with van der Waals surface area (Å²) < 4.78 is 0. The van der Waals surface area contributed by atoms with Crippen LogP contribution in [0.25, 0.3) is 16.8 Å². The molecule has 0 saturated carbocycles. The predicted octanol–water partition coefficient (Wildman–Crippen LogP) is 6.40. The van der Waals surface area contributed by atoms with Crippen LogP contribution in [0.1, 0.15) is 30.5 Å². The smallest absolute Gasteiger partial charge is 0.228 e. The molecule has 0 bridgehead atoms. The Morgan fingerprint density at radius 3 is 1.66 bits per heavy atom. The van der Waals surface area contributed by atoms with Crippen LogP contribution in [-0.4, -0.2) is 10.8 Å². The summed E-state index contributed by atoms with van der Waals surface area (Å²) in [6, 6.07) is 30.6. The van der Waals surface area contributed by atoms with Crippen LogP contribution in [0.3, 0.4) is 0 Å². The maximum absolute atomic E-state index is 12.8. The van der Waals surface area contributed by atoms with Crippen LogP contribution >= 0.6 is 0 Å². The number of hydrogen-bond donors (Lipinski definition) is 0. The number of carbonyl (C=O) groups excluding carboxylic acids is 1. The van der Waals surface area contributed by atoms with Crippen molar-refractivity contribution in [1.82, 2.24) is 4.90 Å². The minimum Gasteiger partial charge on any atom is -0.284 e. The van der Waals surface area contributed by atoms with E-state index in [0.717, 1.165) is 39.2 Å². The van der Waals surface area contributed by atoms with Gasteiger partial charge in [0.1, 0.15) is 0 Å². The third-order valence-electron chi connectivity index (χ3n) is 5.13. The summed E-state index contributed by atoms with van der Waals surface area (Å²) in [6.07, 6.45) is 4.30. The van der Waals surface area contributed by atoms with E-state index in [1.807, 2.05) is 78.6 Å². The van der Waals surface area contributed by atoms with Crippen LogP contribution in [-0.2, 0) is 4.79 Å². The molecule has 0 atom stereocenters. The molecular formula is C27H23NO. The second-order valence-corrected chi connectivity index (χ2v) is 7.08. The molecule has 0 unspecified atom stereocenters. The van der Waals surface area contributed by atoms with Gasteiger partial charge in [-0.3, -0.25) is 9.69 Å². The molecule has 1 heterocycles. The Balaban J connectivity index is 2.00. The first-order chi connectivity index (χ1) is 14.1. The number of benzene rings is 3. The molecule has 0 saturated heterocycles. The number of nitrogens with zero attached hydrogens (tertiary/aromatic N) is 1. The number of rotatable bonds is 3. The molecule has 1 aliphatic rings. The van der Waals surface area contributed by atoms with Gasteiger partial charge in [-0.05, 0) is 41.3 Å². The summed E-state index contributed by atoms with van der Waals surface area (Å²) in [6.45, 7) is 3.64. The first-order valence-electron chi connectivity index (χ1n) is 9.76. The highest BCUT2D eigenvalue weighted by molar-refractivity contribution is 6.00. The Kier molecular flexibility index (Phi) is 5.26. The topological polar surface area (TPSA) is 20.3 Å². The quantitative estimate of drug-likeness (QED) is 0.517. The molecule has 0 fully saturated rings. The molecule has 1 amide bonds. The number of carbonyl (C=O) groups is 1. The lowest BCUT2D eigenvalue weighted by Crippen LogP contribution is -2.25. The highest BCUT2D eigenvalue weighted by atomic mass is 16.2. The molecule has 0 N–H and O–H groups in total. The van der Waals surface area contributed by atoms with Crippen LogP contribution in [0.2, 0.25) is 0 Å². The lowest BCUT2D eigenvalue weighted by Gasteiger charge is -2.26. The fourth-order valence-electron chi connectivity index (χ4n) is 3.75. The molecule has 0 aromatic heterocycles. The van der Waals surface area contributed by atoms with Crippen molar-refractivity contribution in [3.63, 3.8) is 0 Å². The van der Waals surface area contributed by atoms with Crippen molar-refractivity contribution >= 4 is 22.8 Å². The van der Waals surface area contributed by atoms with Crippen molar-refractivity contribution in [2.45, 2.75) is 13.8 Å². The average molecular weight is 377 g/mol. The Morgan fingerprint density at radius 2 is 1.14 bits per heavy atom. The lowest BCUT2D eigenvalue weighted by atomic mass is 9.98. The number of amides is 1. The Hall–Kier alpha value is -3.65. The van der Waals surface area contributed by atoms with Gasteiger partial charge in [0.05, 0.1) is 5.70 Å². The van der Waals surface area contributed by atoms with Crippen molar-refractivity contribution in [3.8, 4) is 0 Å². The average Bonchev–Trinajstić information content (AvgIpc) is 2.92. The molecule has 3 aromatic rings. The van der Waals surface area contributed by atoms with Gasteiger partial charge in [0, 0.05) is 18.2 Å². The van der Waals surface area contributed by atoms with Gasteiger partial charge in [0.2, 0.25) is 5.91 Å². The third kappa shape index (κ3) is 3.83. The maximum atomic E-state index is 12.8. The maximum Gasteiger partial charge on any atom is 0.228 e. The standard InChI is InChI=1S/C27H23NO/c1-20-26(23-14-8-4-9-15-23)18-25(22-12-6-3-7-13-22)19-27(28(20)21(2)29)24-16-10-5-11-17-24/h3-19H,1-2H3. The Labute approximate surface area is 172 Å². The van der Waals surface area contributed by atoms with Crippen molar-refractivity contribution in [2.75, 3.05) is 0 Å². The van der Waals surface area contributed by atoms with Crippen molar-refractivity contribution in [3.05, 3.63) is 126 Å². The first-order valence-corrected chi connectivity index (χ1v) is 9.76. The molecule has 3 aromatic carbocycles. The lowest BCUT2D eigenvalue weighted by molar-refractivity contribution is -0.124. The predicted molar refractivity (Wildman–Crippen MR) is 120 cm³/mol. The summed E-state index contributed by atoms with van der Waals surface area (Å²) in [7, 11) is 0. The highest BCUT2D eigenvalue weighted by Crippen LogP contribution is 2.36. The molecule has 2 nitrogen and oxygen atoms in total. The fourth-order valence-corrected chi connectivity index (χ4v) is 3.75. The Bertz CT molecular complexity index is 1110. The van der Waals surface area contributed by atoms with E-state index in [4.69, 9.17) is 0 Å². The molecule has 29 heavy (non-hydrogen) atoms. The summed E-state index contributed by atoms with van der Waals surface area (Å²) in [5.41, 5.74) is 7.15. The van der Waals surface area contributed by atoms with E-state index in [2.05, 4.69) is 36.4 Å². The van der Waals surface area contributed by atoms with Gasteiger partial charge in [0.15, 0.2) is 0 Å². The zero-order valence-electron chi connectivity index (χ0n) is 16.7. The minimum absolute atomic E-state index is 0.00579. The van der Waals surface area contributed by atoms with Crippen molar-refractivity contribution in [2.24, 2.45) is 0 Å². The summed E-state index contributed by atoms with van der Waals surface area (Å²) in [4.78, 5) is 14.6. The van der Waals surface area contributed by atoms with Gasteiger partial charge in [-0.1, -0.05) is 91.0 Å².